The van der Waals surface area contributed by atoms with Crippen molar-refractivity contribution in [2.45, 2.75) is 51.0 Å². The van der Waals surface area contributed by atoms with E-state index in [1.807, 2.05) is 19.1 Å². The SMILES string of the molecule is C[C@@](CO)(NC(=O)NCCc1cccnc1)C1CCCCC1. The zero-order valence-electron chi connectivity index (χ0n) is 13.3. The van der Waals surface area contributed by atoms with Crippen LogP contribution in [0.1, 0.15) is 44.6 Å². The molecule has 5 heteroatoms. The van der Waals surface area contributed by atoms with Crippen molar-refractivity contribution in [3.8, 4) is 0 Å². The molecule has 3 N–H and O–H groups in total. The highest BCUT2D eigenvalue weighted by atomic mass is 16.3. The zero-order valence-corrected chi connectivity index (χ0v) is 13.3. The van der Waals surface area contributed by atoms with Gasteiger partial charge in [-0.2, -0.15) is 0 Å². The Morgan fingerprint density at radius 2 is 2.18 bits per heavy atom. The van der Waals surface area contributed by atoms with Crippen LogP contribution in [0.2, 0.25) is 0 Å². The molecule has 0 saturated heterocycles. The van der Waals surface area contributed by atoms with Crippen molar-refractivity contribution in [3.63, 3.8) is 0 Å². The highest BCUT2D eigenvalue weighted by Crippen LogP contribution is 2.32. The molecule has 0 aliphatic heterocycles. The van der Waals surface area contributed by atoms with E-state index < -0.39 is 5.54 Å². The molecule has 1 atom stereocenters. The van der Waals surface area contributed by atoms with Crippen LogP contribution in [-0.4, -0.2) is 34.8 Å². The van der Waals surface area contributed by atoms with Gasteiger partial charge >= 0.3 is 6.03 Å². The summed E-state index contributed by atoms with van der Waals surface area (Å²) in [6.45, 7) is 2.49. The summed E-state index contributed by atoms with van der Waals surface area (Å²) >= 11 is 0. The molecule has 1 fully saturated rings. The Bertz CT molecular complexity index is 460. The predicted octanol–water partition coefficient (Wildman–Crippen LogP) is 2.25. The van der Waals surface area contributed by atoms with Gasteiger partial charge in [-0.25, -0.2) is 4.79 Å². The van der Waals surface area contributed by atoms with Gasteiger partial charge in [-0.3, -0.25) is 4.98 Å². The van der Waals surface area contributed by atoms with E-state index in [-0.39, 0.29) is 12.6 Å². The number of rotatable bonds is 6. The van der Waals surface area contributed by atoms with Crippen LogP contribution >= 0.6 is 0 Å². The van der Waals surface area contributed by atoms with Crippen molar-refractivity contribution in [2.75, 3.05) is 13.2 Å². The van der Waals surface area contributed by atoms with Gasteiger partial charge in [0.05, 0.1) is 12.1 Å². The summed E-state index contributed by atoms with van der Waals surface area (Å²) in [5, 5.41) is 15.6. The van der Waals surface area contributed by atoms with Gasteiger partial charge in [-0.1, -0.05) is 25.3 Å². The van der Waals surface area contributed by atoms with Gasteiger partial charge in [0, 0.05) is 18.9 Å². The number of urea groups is 1. The van der Waals surface area contributed by atoms with Gasteiger partial charge in [0.15, 0.2) is 0 Å². The minimum Gasteiger partial charge on any atom is -0.394 e. The van der Waals surface area contributed by atoms with Crippen LogP contribution < -0.4 is 10.6 Å². The van der Waals surface area contributed by atoms with Gasteiger partial charge < -0.3 is 15.7 Å². The van der Waals surface area contributed by atoms with Crippen molar-refractivity contribution in [2.24, 2.45) is 5.92 Å². The maximum absolute atomic E-state index is 12.1. The first-order valence-electron chi connectivity index (χ1n) is 8.20. The first kappa shape index (κ1) is 16.7. The fourth-order valence-electron chi connectivity index (χ4n) is 3.18. The second-order valence-corrected chi connectivity index (χ2v) is 6.40. The Morgan fingerprint density at radius 3 is 2.82 bits per heavy atom. The minimum absolute atomic E-state index is 0.0201. The lowest BCUT2D eigenvalue weighted by atomic mass is 9.76. The normalized spacial score (nSPS) is 18.5. The standard InChI is InChI=1S/C17H27N3O2/c1-17(13-21,15-7-3-2-4-8-15)20-16(22)19-11-9-14-6-5-10-18-12-14/h5-6,10,12,15,21H,2-4,7-9,11,13H2,1H3,(H2,19,20,22)/t17-/m0/s1. The highest BCUT2D eigenvalue weighted by molar-refractivity contribution is 5.74. The molecule has 1 aliphatic rings. The number of nitrogens with one attached hydrogen (secondary N) is 2. The van der Waals surface area contributed by atoms with Crippen LogP contribution in [0, 0.1) is 5.92 Å². The largest absolute Gasteiger partial charge is 0.394 e. The van der Waals surface area contributed by atoms with E-state index in [9.17, 15) is 9.90 Å². The zero-order chi connectivity index (χ0) is 15.8. The molecule has 1 saturated carbocycles. The maximum atomic E-state index is 12.1. The number of pyridine rings is 1. The van der Waals surface area contributed by atoms with Gasteiger partial charge in [-0.15, -0.1) is 0 Å². The Kier molecular flexibility index (Phi) is 6.19. The third kappa shape index (κ3) is 4.70. The van der Waals surface area contributed by atoms with E-state index in [1.165, 1.54) is 19.3 Å². The molecule has 0 bridgehead atoms. The molecular weight excluding hydrogens is 278 g/mol. The lowest BCUT2D eigenvalue weighted by Gasteiger charge is -2.39. The Morgan fingerprint density at radius 1 is 1.41 bits per heavy atom. The lowest BCUT2D eigenvalue weighted by molar-refractivity contribution is 0.101. The molecule has 1 aliphatic carbocycles. The molecule has 0 radical (unpaired) electrons. The quantitative estimate of drug-likeness (QED) is 0.754. The number of amides is 2. The number of aliphatic hydroxyl groups is 1. The van der Waals surface area contributed by atoms with Crippen LogP contribution in [-0.2, 0) is 6.42 Å². The number of hydrogen-bond donors (Lipinski definition) is 3. The summed E-state index contributed by atoms with van der Waals surface area (Å²) in [5.74, 6) is 0.357. The first-order chi connectivity index (χ1) is 10.6. The lowest BCUT2D eigenvalue weighted by Crippen LogP contribution is -2.57. The van der Waals surface area contributed by atoms with Crippen LogP contribution in [0.3, 0.4) is 0 Å². The maximum Gasteiger partial charge on any atom is 0.315 e. The van der Waals surface area contributed by atoms with Gasteiger partial charge in [-0.05, 0) is 43.7 Å². The molecule has 2 rings (SSSR count). The molecular formula is C17H27N3O2. The molecule has 22 heavy (non-hydrogen) atoms. The molecule has 0 unspecified atom stereocenters. The van der Waals surface area contributed by atoms with E-state index in [0.29, 0.717) is 12.5 Å². The van der Waals surface area contributed by atoms with E-state index in [2.05, 4.69) is 15.6 Å². The molecule has 122 valence electrons. The third-order valence-electron chi connectivity index (χ3n) is 4.66. The average Bonchev–Trinajstić information content (AvgIpc) is 2.56. The molecule has 0 aromatic carbocycles. The molecule has 1 heterocycles. The summed E-state index contributed by atoms with van der Waals surface area (Å²) in [6, 6.07) is 3.68. The van der Waals surface area contributed by atoms with Crippen molar-refractivity contribution < 1.29 is 9.90 Å². The number of carbonyl (C=O) groups is 1. The van der Waals surface area contributed by atoms with Crippen molar-refractivity contribution >= 4 is 6.03 Å². The topological polar surface area (TPSA) is 74.2 Å². The van der Waals surface area contributed by atoms with Crippen molar-refractivity contribution in [1.82, 2.24) is 15.6 Å². The average molecular weight is 305 g/mol. The Labute approximate surface area is 132 Å². The molecule has 5 nitrogen and oxygen atoms in total. The summed E-state index contributed by atoms with van der Waals surface area (Å²) in [6.07, 6.45) is 10.1. The minimum atomic E-state index is -0.529. The van der Waals surface area contributed by atoms with E-state index in [0.717, 1.165) is 24.8 Å². The summed E-state index contributed by atoms with van der Waals surface area (Å²) in [7, 11) is 0. The van der Waals surface area contributed by atoms with E-state index in [1.54, 1.807) is 12.4 Å². The highest BCUT2D eigenvalue weighted by Gasteiger charge is 2.35. The van der Waals surface area contributed by atoms with Crippen LogP contribution in [0.15, 0.2) is 24.5 Å². The smallest absolute Gasteiger partial charge is 0.315 e. The van der Waals surface area contributed by atoms with Gasteiger partial charge in [0.25, 0.3) is 0 Å². The summed E-state index contributed by atoms with van der Waals surface area (Å²) < 4.78 is 0. The predicted molar refractivity (Wildman–Crippen MR) is 86.5 cm³/mol. The molecule has 1 aromatic heterocycles. The number of hydrogen-bond acceptors (Lipinski definition) is 3. The number of carbonyl (C=O) groups excluding carboxylic acids is 1. The summed E-state index contributed by atoms with van der Waals surface area (Å²) in [4.78, 5) is 16.2. The summed E-state index contributed by atoms with van der Waals surface area (Å²) in [5.41, 5.74) is 0.568. The van der Waals surface area contributed by atoms with Crippen LogP contribution in [0.25, 0.3) is 0 Å². The first-order valence-corrected chi connectivity index (χ1v) is 8.20. The van der Waals surface area contributed by atoms with Gasteiger partial charge in [0.2, 0.25) is 0 Å². The second kappa shape index (κ2) is 8.13. The number of aliphatic hydroxyl groups excluding tert-OH is 1. The fourth-order valence-corrected chi connectivity index (χ4v) is 3.18. The van der Waals surface area contributed by atoms with E-state index in [4.69, 9.17) is 0 Å². The fraction of sp³-hybridized carbons (Fsp3) is 0.647. The monoisotopic (exact) mass is 305 g/mol. The molecule has 2 amide bonds. The van der Waals surface area contributed by atoms with Crippen molar-refractivity contribution in [1.29, 1.82) is 0 Å². The number of aromatic nitrogens is 1. The van der Waals surface area contributed by atoms with Crippen LogP contribution in [0.5, 0.6) is 0 Å². The van der Waals surface area contributed by atoms with Gasteiger partial charge in [0.1, 0.15) is 0 Å². The molecule has 1 aromatic rings. The van der Waals surface area contributed by atoms with E-state index >= 15 is 0 Å². The number of nitrogens with zero attached hydrogens (tertiary/aromatic N) is 1. The Balaban J connectivity index is 1.78. The third-order valence-corrected chi connectivity index (χ3v) is 4.66. The molecule has 0 spiro atoms. The van der Waals surface area contributed by atoms with Crippen LogP contribution in [0.4, 0.5) is 4.79 Å². The van der Waals surface area contributed by atoms with Crippen molar-refractivity contribution in [3.05, 3.63) is 30.1 Å². The Hall–Kier alpha value is -1.62. The second-order valence-electron chi connectivity index (χ2n) is 6.40.